The number of ether oxygens (including phenoxy) is 1. The molecule has 0 aromatic heterocycles. The Morgan fingerprint density at radius 2 is 1.53 bits per heavy atom. The highest BCUT2D eigenvalue weighted by molar-refractivity contribution is 5.88. The number of carbonyl (C=O) groups excluding carboxylic acids is 1. The lowest BCUT2D eigenvalue weighted by molar-refractivity contribution is -0.139. The molecule has 0 rings (SSSR count). The van der Waals surface area contributed by atoms with Crippen LogP contribution in [0, 0.1) is 0 Å². The maximum absolute atomic E-state index is 11.6. The Morgan fingerprint density at radius 1 is 0.941 bits per heavy atom. The number of rotatable bonds is 9. The molecular weight excluding hydrogens is 212 g/mol. The lowest BCUT2D eigenvalue weighted by Gasteiger charge is -2.07. The van der Waals surface area contributed by atoms with E-state index in [0.717, 1.165) is 24.0 Å². The van der Waals surface area contributed by atoms with Gasteiger partial charge in [-0.1, -0.05) is 51.5 Å². The Morgan fingerprint density at radius 3 is 2.12 bits per heavy atom. The van der Waals surface area contributed by atoms with Crippen molar-refractivity contribution in [2.75, 3.05) is 6.61 Å². The summed E-state index contributed by atoms with van der Waals surface area (Å²) in [7, 11) is 0. The summed E-state index contributed by atoms with van der Waals surface area (Å²) in [6.07, 6.45) is 8.23. The van der Waals surface area contributed by atoms with E-state index in [0.29, 0.717) is 6.61 Å². The Balaban J connectivity index is 3.59. The van der Waals surface area contributed by atoms with E-state index >= 15 is 0 Å². The van der Waals surface area contributed by atoms with Crippen LogP contribution in [0.3, 0.4) is 0 Å². The molecule has 0 saturated carbocycles. The standard InChI is InChI=1S/C15H28O2/c1-5-7-8-9-10-11-12-17-15(16)14(4)13(3)6-2/h5-12H2,1-4H3/b14-13+. The summed E-state index contributed by atoms with van der Waals surface area (Å²) in [6, 6.07) is 0. The van der Waals surface area contributed by atoms with Crippen molar-refractivity contribution in [3.05, 3.63) is 11.1 Å². The van der Waals surface area contributed by atoms with Gasteiger partial charge in [0.15, 0.2) is 0 Å². The second-order valence-corrected chi connectivity index (χ2v) is 4.66. The smallest absolute Gasteiger partial charge is 0.333 e. The lowest BCUT2D eigenvalue weighted by Crippen LogP contribution is -2.08. The number of hydrogen-bond acceptors (Lipinski definition) is 2. The maximum atomic E-state index is 11.6. The van der Waals surface area contributed by atoms with Crippen LogP contribution in [0.15, 0.2) is 11.1 Å². The van der Waals surface area contributed by atoms with Gasteiger partial charge in [0.2, 0.25) is 0 Å². The van der Waals surface area contributed by atoms with E-state index in [1.54, 1.807) is 0 Å². The summed E-state index contributed by atoms with van der Waals surface area (Å²) in [5, 5.41) is 0. The van der Waals surface area contributed by atoms with Crippen molar-refractivity contribution in [2.24, 2.45) is 0 Å². The minimum Gasteiger partial charge on any atom is -0.462 e. The predicted octanol–water partition coefficient (Wildman–Crippen LogP) is 4.64. The van der Waals surface area contributed by atoms with Crippen molar-refractivity contribution < 1.29 is 9.53 Å². The first-order valence-electron chi connectivity index (χ1n) is 6.96. The molecule has 0 aliphatic heterocycles. The van der Waals surface area contributed by atoms with Crippen LogP contribution in [0.2, 0.25) is 0 Å². The summed E-state index contributed by atoms with van der Waals surface area (Å²) < 4.78 is 5.24. The van der Waals surface area contributed by atoms with Crippen LogP contribution >= 0.6 is 0 Å². The van der Waals surface area contributed by atoms with Crippen LogP contribution in [0.25, 0.3) is 0 Å². The number of unbranched alkanes of at least 4 members (excludes halogenated alkanes) is 5. The third-order valence-corrected chi connectivity index (χ3v) is 3.21. The molecule has 0 heterocycles. The summed E-state index contributed by atoms with van der Waals surface area (Å²) in [6.45, 7) is 8.68. The summed E-state index contributed by atoms with van der Waals surface area (Å²) in [5.74, 6) is -0.141. The normalized spacial score (nSPS) is 12.2. The zero-order valence-electron chi connectivity index (χ0n) is 12.0. The van der Waals surface area contributed by atoms with Crippen molar-refractivity contribution in [3.8, 4) is 0 Å². The molecule has 0 saturated heterocycles. The minimum atomic E-state index is -0.141. The summed E-state index contributed by atoms with van der Waals surface area (Å²) in [5.41, 5.74) is 1.90. The Hall–Kier alpha value is -0.790. The zero-order valence-corrected chi connectivity index (χ0v) is 12.0. The number of carbonyl (C=O) groups is 1. The average Bonchev–Trinajstić information content (AvgIpc) is 2.35. The van der Waals surface area contributed by atoms with E-state index in [4.69, 9.17) is 4.74 Å². The van der Waals surface area contributed by atoms with Crippen molar-refractivity contribution in [1.29, 1.82) is 0 Å². The molecule has 0 aromatic rings. The van der Waals surface area contributed by atoms with Gasteiger partial charge in [-0.3, -0.25) is 0 Å². The van der Waals surface area contributed by atoms with Gasteiger partial charge in [0.25, 0.3) is 0 Å². The fraction of sp³-hybridized carbons (Fsp3) is 0.800. The maximum Gasteiger partial charge on any atom is 0.333 e. The van der Waals surface area contributed by atoms with Crippen LogP contribution in [-0.2, 0) is 9.53 Å². The highest BCUT2D eigenvalue weighted by atomic mass is 16.5. The first kappa shape index (κ1) is 16.2. The van der Waals surface area contributed by atoms with Gasteiger partial charge >= 0.3 is 5.97 Å². The molecule has 0 bridgehead atoms. The molecule has 100 valence electrons. The van der Waals surface area contributed by atoms with Crippen LogP contribution in [0.4, 0.5) is 0 Å². The van der Waals surface area contributed by atoms with Gasteiger partial charge < -0.3 is 4.74 Å². The molecule has 0 aliphatic rings. The van der Waals surface area contributed by atoms with E-state index in [1.165, 1.54) is 32.1 Å². The molecule has 0 aliphatic carbocycles. The van der Waals surface area contributed by atoms with E-state index in [2.05, 4.69) is 13.8 Å². The van der Waals surface area contributed by atoms with E-state index < -0.39 is 0 Å². The molecule has 0 radical (unpaired) electrons. The molecule has 0 unspecified atom stereocenters. The topological polar surface area (TPSA) is 26.3 Å². The summed E-state index contributed by atoms with van der Waals surface area (Å²) >= 11 is 0. The monoisotopic (exact) mass is 240 g/mol. The van der Waals surface area contributed by atoms with Gasteiger partial charge in [0, 0.05) is 5.57 Å². The molecule has 2 nitrogen and oxygen atoms in total. The van der Waals surface area contributed by atoms with E-state index in [-0.39, 0.29) is 5.97 Å². The molecule has 0 spiro atoms. The molecule has 0 aromatic carbocycles. The first-order chi connectivity index (χ1) is 8.13. The van der Waals surface area contributed by atoms with Crippen molar-refractivity contribution in [3.63, 3.8) is 0 Å². The fourth-order valence-corrected chi connectivity index (χ4v) is 1.59. The van der Waals surface area contributed by atoms with E-state index in [9.17, 15) is 4.79 Å². The van der Waals surface area contributed by atoms with Gasteiger partial charge in [0.05, 0.1) is 6.61 Å². The average molecular weight is 240 g/mol. The molecule has 0 N–H and O–H groups in total. The molecule has 0 fully saturated rings. The molecule has 2 heteroatoms. The van der Waals surface area contributed by atoms with Gasteiger partial charge in [-0.25, -0.2) is 4.79 Å². The van der Waals surface area contributed by atoms with Gasteiger partial charge in [-0.05, 0) is 26.7 Å². The second kappa shape index (κ2) is 10.4. The third kappa shape index (κ3) is 8.00. The van der Waals surface area contributed by atoms with Gasteiger partial charge in [-0.15, -0.1) is 0 Å². The molecule has 0 amide bonds. The van der Waals surface area contributed by atoms with Crippen LogP contribution in [0.1, 0.15) is 72.6 Å². The zero-order chi connectivity index (χ0) is 13.1. The van der Waals surface area contributed by atoms with Crippen molar-refractivity contribution in [1.82, 2.24) is 0 Å². The lowest BCUT2D eigenvalue weighted by atomic mass is 10.1. The van der Waals surface area contributed by atoms with E-state index in [1.807, 2.05) is 13.8 Å². The van der Waals surface area contributed by atoms with Crippen molar-refractivity contribution >= 4 is 5.97 Å². The highest BCUT2D eigenvalue weighted by Gasteiger charge is 2.07. The number of allylic oxidation sites excluding steroid dienone is 1. The van der Waals surface area contributed by atoms with Gasteiger partial charge in [-0.2, -0.15) is 0 Å². The number of esters is 1. The fourth-order valence-electron chi connectivity index (χ4n) is 1.59. The Kier molecular flexibility index (Phi) is 9.89. The second-order valence-electron chi connectivity index (χ2n) is 4.66. The first-order valence-corrected chi connectivity index (χ1v) is 6.96. The predicted molar refractivity (Wildman–Crippen MR) is 73.0 cm³/mol. The Bertz CT molecular complexity index is 241. The molecular formula is C15H28O2. The van der Waals surface area contributed by atoms with Crippen LogP contribution in [-0.4, -0.2) is 12.6 Å². The van der Waals surface area contributed by atoms with Crippen LogP contribution < -0.4 is 0 Å². The quantitative estimate of drug-likeness (QED) is 0.333. The minimum absolute atomic E-state index is 0.141. The number of hydrogen-bond donors (Lipinski definition) is 0. The van der Waals surface area contributed by atoms with Crippen LogP contribution in [0.5, 0.6) is 0 Å². The Labute approximate surface area is 106 Å². The highest BCUT2D eigenvalue weighted by Crippen LogP contribution is 2.10. The van der Waals surface area contributed by atoms with Crippen molar-refractivity contribution in [2.45, 2.75) is 72.6 Å². The summed E-state index contributed by atoms with van der Waals surface area (Å²) in [4.78, 5) is 11.6. The molecule has 0 atom stereocenters. The molecule has 17 heavy (non-hydrogen) atoms. The van der Waals surface area contributed by atoms with Gasteiger partial charge in [0.1, 0.15) is 0 Å². The SMILES string of the molecule is CCCCCCCCOC(=O)/C(C)=C(\C)CC. The third-order valence-electron chi connectivity index (χ3n) is 3.21. The largest absolute Gasteiger partial charge is 0.462 e.